The van der Waals surface area contributed by atoms with E-state index in [0.717, 1.165) is 34.3 Å². The van der Waals surface area contributed by atoms with Gasteiger partial charge in [-0.2, -0.15) is 4.98 Å². The number of hydrogen-bond acceptors (Lipinski definition) is 21. The Morgan fingerprint density at radius 3 is 0.967 bits per heavy atom. The van der Waals surface area contributed by atoms with E-state index >= 15 is 0 Å². The molecule has 6 aromatic rings. The fraction of sp³-hybridized carbons (Fsp3) is 0.500. The van der Waals surface area contributed by atoms with Gasteiger partial charge in [0.1, 0.15) is 31.5 Å². The number of ether oxygens (including phenoxy) is 14. The fourth-order valence-electron chi connectivity index (χ4n) is 5.55. The predicted molar refractivity (Wildman–Crippen MR) is 370 cm³/mol. The van der Waals surface area contributed by atoms with Gasteiger partial charge in [-0.15, -0.1) is 0 Å². The van der Waals surface area contributed by atoms with E-state index in [2.05, 4.69) is 115 Å². The summed E-state index contributed by atoms with van der Waals surface area (Å²) >= 11 is 0. The minimum Gasteiger partial charge on any atom is -0.497 e. The van der Waals surface area contributed by atoms with E-state index in [1.807, 2.05) is 112 Å². The summed E-state index contributed by atoms with van der Waals surface area (Å²) in [6.45, 7) is 23.9. The number of hydrogen-bond donors (Lipinski definition) is 0. The molecule has 0 radical (unpaired) electrons. The first kappa shape index (κ1) is 96.2. The largest absolute Gasteiger partial charge is 0.497 e. The van der Waals surface area contributed by atoms with Gasteiger partial charge in [0.25, 0.3) is 0 Å². The molecule has 3 aromatic carbocycles. The van der Waals surface area contributed by atoms with Crippen LogP contribution in [-0.4, -0.2) is 163 Å². The molecule has 0 fully saturated rings. The third-order valence-electron chi connectivity index (χ3n) is 9.86. The number of rotatable bonds is 20. The van der Waals surface area contributed by atoms with Crippen LogP contribution < -0.4 is 18.9 Å². The van der Waals surface area contributed by atoms with Crippen molar-refractivity contribution in [3.8, 4) is 23.3 Å². The van der Waals surface area contributed by atoms with Crippen molar-refractivity contribution in [2.24, 2.45) is 0 Å². The molecule has 6 rings (SSSR count). The first-order valence-electron chi connectivity index (χ1n) is 29.4. The quantitative estimate of drug-likeness (QED) is 0.0300. The Labute approximate surface area is 555 Å². The molecule has 0 unspecified atom stereocenters. The zero-order valence-corrected chi connectivity index (χ0v) is 61.7. The summed E-state index contributed by atoms with van der Waals surface area (Å²) in [6.07, 6.45) is 2.19. The highest BCUT2D eigenvalue weighted by Gasteiger charge is 2.19. The fourth-order valence-corrected chi connectivity index (χ4v) is 5.71. The van der Waals surface area contributed by atoms with Crippen LogP contribution in [0.2, 0.25) is 13.1 Å². The number of methoxy groups -OCH3 is 14. The summed E-state index contributed by atoms with van der Waals surface area (Å²) in [6, 6.07) is 41.3. The maximum atomic E-state index is 10.3. The van der Waals surface area contributed by atoms with Crippen molar-refractivity contribution < 1.29 is 84.8 Å². The van der Waals surface area contributed by atoms with Gasteiger partial charge in [-0.25, -0.2) is 0 Å². The number of pyridine rings is 3. The number of esters is 2. The first-order chi connectivity index (χ1) is 44.0. The first-order valence-corrected chi connectivity index (χ1v) is 32.2. The summed E-state index contributed by atoms with van der Waals surface area (Å²) in [5.74, 6) is 1.61. The van der Waals surface area contributed by atoms with Crippen molar-refractivity contribution in [1.82, 2.24) is 15.0 Å². The van der Waals surface area contributed by atoms with Crippen LogP contribution in [0.3, 0.4) is 0 Å². The van der Waals surface area contributed by atoms with E-state index in [1.54, 1.807) is 112 Å². The van der Waals surface area contributed by atoms with Crippen LogP contribution in [0, 0.1) is 27.7 Å². The van der Waals surface area contributed by atoms with E-state index in [9.17, 15) is 9.59 Å². The second kappa shape index (κ2) is 71.5. The van der Waals surface area contributed by atoms with E-state index in [0.29, 0.717) is 51.8 Å². The standard InChI is InChI=1S/C10H14O2.C9H13NO2.C8H10O2.C8H10.C7H9NO2.C7H9N.C5H8O4.C4H12O2Si.2C3H8O2.2C3H8/c1-11-7-9-4-3-5-10(6-9)8-12-2;1-11-6-8-4-3-5-9(10-8)7-12-2;1-9-7-4-3-5-8(6-7)10-2;1-7-4-3-5-8(2)6-7;1-9-6-4-3-5-7(8-6)10-2;1-6-4-3-5-7(2)8-6;1-8-4(6)3-5(7)9-2;1-5-7(3,4)6-2;2*1-4-3-5-2;2*1-3-2/h3-6H,7-8H2,1-2H3;3-5H,6-7H2,1-2H3;3-6H,1-2H3;3-6H,1-2H3;3-5H,1-2H3;3-5H,1-2H3;3H2,1-2H3;1-4H3;2*3H2,1-2H3;2*3H2,1-2H3. The van der Waals surface area contributed by atoms with E-state index in [-0.39, 0.29) is 6.42 Å². The average Bonchev–Trinajstić information content (AvgIpc) is 3.66. The van der Waals surface area contributed by atoms with Crippen LogP contribution in [0.25, 0.3) is 0 Å². The van der Waals surface area contributed by atoms with Gasteiger partial charge in [-0.05, 0) is 88.3 Å². The smallest absolute Gasteiger partial charge is 0.331 e. The minimum atomic E-state index is -1.65. The lowest BCUT2D eigenvalue weighted by Gasteiger charge is -2.15. The molecule has 524 valence electrons. The van der Waals surface area contributed by atoms with E-state index in [4.69, 9.17) is 46.7 Å². The number of nitrogens with zero attached hydrogens (tertiary/aromatic N) is 3. The van der Waals surface area contributed by atoms with Crippen molar-refractivity contribution in [3.63, 3.8) is 0 Å². The van der Waals surface area contributed by atoms with E-state index < -0.39 is 20.5 Å². The van der Waals surface area contributed by atoms with Gasteiger partial charge in [0.05, 0.1) is 80.5 Å². The molecule has 0 amide bonds. The van der Waals surface area contributed by atoms with Gasteiger partial charge in [-0.3, -0.25) is 19.6 Å². The van der Waals surface area contributed by atoms with Gasteiger partial charge in [-0.1, -0.05) is 124 Å². The average molecular weight is 1320 g/mol. The van der Waals surface area contributed by atoms with Crippen molar-refractivity contribution >= 4 is 20.5 Å². The normalized spacial score (nSPS) is 9.24. The predicted octanol–water partition coefficient (Wildman–Crippen LogP) is 14.2. The molecule has 21 nitrogen and oxygen atoms in total. The molecular formula is C70H117N3O18Si. The Bertz CT molecular complexity index is 2270. The molecule has 0 bridgehead atoms. The Morgan fingerprint density at radius 1 is 0.370 bits per heavy atom. The van der Waals surface area contributed by atoms with Crippen molar-refractivity contribution in [3.05, 3.63) is 172 Å². The highest BCUT2D eigenvalue weighted by Crippen LogP contribution is 2.18. The van der Waals surface area contributed by atoms with Crippen LogP contribution in [0.15, 0.2) is 127 Å². The van der Waals surface area contributed by atoms with Gasteiger partial charge < -0.3 is 75.2 Å². The van der Waals surface area contributed by atoms with Crippen molar-refractivity contribution in [1.29, 1.82) is 0 Å². The molecule has 3 heterocycles. The van der Waals surface area contributed by atoms with Gasteiger partial charge >= 0.3 is 20.5 Å². The maximum Gasteiger partial charge on any atom is 0.331 e. The lowest BCUT2D eigenvalue weighted by atomic mass is 10.1. The number of benzene rings is 3. The Balaban J connectivity index is -0.000000223. The molecule has 0 aliphatic carbocycles. The monoisotopic (exact) mass is 1320 g/mol. The Kier molecular flexibility index (Phi) is 74.7. The molecule has 0 atom stereocenters. The molecule has 92 heavy (non-hydrogen) atoms. The van der Waals surface area contributed by atoms with E-state index in [1.165, 1.54) is 49.3 Å². The topological polar surface area (TPSA) is 220 Å². The third-order valence-corrected chi connectivity index (χ3v) is 11.8. The van der Waals surface area contributed by atoms with Crippen LogP contribution in [0.5, 0.6) is 23.3 Å². The summed E-state index contributed by atoms with van der Waals surface area (Å²) in [7, 11) is 23.6. The number of aryl methyl sites for hydroxylation is 4. The van der Waals surface area contributed by atoms with Crippen LogP contribution in [0.1, 0.15) is 92.0 Å². The summed E-state index contributed by atoms with van der Waals surface area (Å²) in [4.78, 5) is 33.0. The summed E-state index contributed by atoms with van der Waals surface area (Å²) in [5, 5.41) is 0. The minimum absolute atomic E-state index is 0.312. The Hall–Kier alpha value is -6.93. The summed E-state index contributed by atoms with van der Waals surface area (Å²) in [5.41, 5.74) is 9.10. The zero-order valence-electron chi connectivity index (χ0n) is 60.7. The van der Waals surface area contributed by atoms with Gasteiger partial charge in [0.15, 0.2) is 0 Å². The van der Waals surface area contributed by atoms with Crippen LogP contribution in [-0.2, 0) is 92.2 Å². The number of aromatic nitrogens is 3. The second-order valence-electron chi connectivity index (χ2n) is 18.8. The summed E-state index contributed by atoms with van der Waals surface area (Å²) < 4.78 is 75.9. The number of carbonyl (C=O) groups is 2. The SMILES string of the molecule is CCC.CCC.COC(=O)CC(=O)OC.COCOC.COCOC.COCc1cccc(COC)c1.COCc1cccc(COC)n1.CO[Si](C)(C)OC.COc1cccc(OC)c1.COc1cccc(OC)n1.Cc1cccc(C)c1.Cc1cccc(C)n1. The molecule has 0 saturated heterocycles. The van der Waals surface area contributed by atoms with Crippen LogP contribution in [0.4, 0.5) is 0 Å². The number of carbonyl (C=O) groups excluding carboxylic acids is 2. The molecule has 0 spiro atoms. The third kappa shape index (κ3) is 67.5. The Morgan fingerprint density at radius 2 is 0.707 bits per heavy atom. The lowest BCUT2D eigenvalue weighted by molar-refractivity contribution is -0.151. The lowest BCUT2D eigenvalue weighted by Crippen LogP contribution is -2.31. The van der Waals surface area contributed by atoms with Crippen molar-refractivity contribution in [2.75, 3.05) is 127 Å². The molecule has 0 saturated carbocycles. The molecular weight excluding hydrogens is 1200 g/mol. The van der Waals surface area contributed by atoms with Crippen LogP contribution >= 0.6 is 0 Å². The zero-order chi connectivity index (χ0) is 71.2. The van der Waals surface area contributed by atoms with Crippen molar-refractivity contribution in [2.45, 2.75) is 114 Å². The molecule has 0 N–H and O–H groups in total. The van der Waals surface area contributed by atoms with Gasteiger partial charge in [0, 0.05) is 101 Å². The highest BCUT2D eigenvalue weighted by molar-refractivity contribution is 6.64. The highest BCUT2D eigenvalue weighted by atomic mass is 28.4. The molecule has 0 aliphatic heterocycles. The molecule has 3 aromatic heterocycles. The maximum absolute atomic E-state index is 10.3. The van der Waals surface area contributed by atoms with Gasteiger partial charge in [0.2, 0.25) is 11.8 Å². The second-order valence-corrected chi connectivity index (χ2v) is 22.4. The molecule has 0 aliphatic rings. The molecule has 22 heteroatoms.